The maximum atomic E-state index is 13.2. The molecule has 1 unspecified atom stereocenters. The highest BCUT2D eigenvalue weighted by atomic mass is 32.2. The van der Waals surface area contributed by atoms with Gasteiger partial charge in [-0.1, -0.05) is 18.2 Å². The third-order valence-corrected chi connectivity index (χ3v) is 6.11. The highest BCUT2D eigenvalue weighted by Crippen LogP contribution is 2.31. The quantitative estimate of drug-likeness (QED) is 0.615. The zero-order chi connectivity index (χ0) is 23.2. The summed E-state index contributed by atoms with van der Waals surface area (Å²) in [5.41, 5.74) is 0.445. The summed E-state index contributed by atoms with van der Waals surface area (Å²) < 4.78 is 74.1. The topological polar surface area (TPSA) is 84.9 Å². The molecule has 2 aromatic rings. The number of hydrogen-bond donors (Lipinski definition) is 1. The first-order chi connectivity index (χ1) is 14.5. The molecule has 7 nitrogen and oxygen atoms in total. The molecule has 0 saturated carbocycles. The summed E-state index contributed by atoms with van der Waals surface area (Å²) in [5.74, 6) is -0.745. The van der Waals surface area contributed by atoms with Crippen molar-refractivity contribution in [2.75, 3.05) is 29.9 Å². The average Bonchev–Trinajstić information content (AvgIpc) is 2.72. The lowest BCUT2D eigenvalue weighted by molar-refractivity contribution is -0.184. The van der Waals surface area contributed by atoms with Gasteiger partial charge in [-0.3, -0.25) is 9.10 Å². The van der Waals surface area contributed by atoms with Crippen molar-refractivity contribution in [1.82, 2.24) is 0 Å². The van der Waals surface area contributed by atoms with Crippen LogP contribution in [0.1, 0.15) is 13.8 Å². The number of alkyl halides is 3. The SMILES string of the molecule is CCN(c1ccccc1)S(=O)(=O)c1ccc(OC)c(NC(=O)C(C)OCC(F)(F)F)c1. The molecule has 0 aromatic heterocycles. The van der Waals surface area contributed by atoms with Crippen molar-refractivity contribution in [1.29, 1.82) is 0 Å². The van der Waals surface area contributed by atoms with Gasteiger partial charge in [0.25, 0.3) is 15.9 Å². The Morgan fingerprint density at radius 1 is 1.16 bits per heavy atom. The van der Waals surface area contributed by atoms with Crippen LogP contribution in [0.3, 0.4) is 0 Å². The molecule has 0 aliphatic rings. The molecule has 11 heteroatoms. The molecule has 1 amide bonds. The maximum Gasteiger partial charge on any atom is 0.411 e. The van der Waals surface area contributed by atoms with Crippen molar-refractivity contribution in [3.63, 3.8) is 0 Å². The van der Waals surface area contributed by atoms with Crippen LogP contribution in [0.25, 0.3) is 0 Å². The predicted molar refractivity (Wildman–Crippen MR) is 110 cm³/mol. The van der Waals surface area contributed by atoms with Crippen molar-refractivity contribution in [3.05, 3.63) is 48.5 Å². The number of sulfonamides is 1. The molecule has 0 saturated heterocycles. The summed E-state index contributed by atoms with van der Waals surface area (Å²) in [6.45, 7) is 1.40. The van der Waals surface area contributed by atoms with Gasteiger partial charge in [0.15, 0.2) is 0 Å². The summed E-state index contributed by atoms with van der Waals surface area (Å²) in [4.78, 5) is 12.1. The summed E-state index contributed by atoms with van der Waals surface area (Å²) in [6, 6.07) is 12.3. The molecule has 1 N–H and O–H groups in total. The second-order valence-corrected chi connectivity index (χ2v) is 8.29. The Bertz CT molecular complexity index is 998. The molecule has 1 atom stereocenters. The minimum Gasteiger partial charge on any atom is -0.495 e. The van der Waals surface area contributed by atoms with Crippen LogP contribution in [-0.2, 0) is 19.6 Å². The van der Waals surface area contributed by atoms with Crippen LogP contribution in [0.5, 0.6) is 5.75 Å². The van der Waals surface area contributed by atoms with E-state index in [1.54, 1.807) is 37.3 Å². The van der Waals surface area contributed by atoms with Crippen LogP contribution < -0.4 is 14.4 Å². The number of carbonyl (C=O) groups excluding carboxylic acids is 1. The van der Waals surface area contributed by atoms with E-state index in [4.69, 9.17) is 4.74 Å². The summed E-state index contributed by atoms with van der Waals surface area (Å²) in [5, 5.41) is 2.37. The Morgan fingerprint density at radius 3 is 2.35 bits per heavy atom. The number of carbonyl (C=O) groups is 1. The standard InChI is InChI=1S/C20H23F3N2O5S/c1-4-25(15-8-6-5-7-9-15)31(27,28)16-10-11-18(29-3)17(12-16)24-19(26)14(2)30-13-20(21,22)23/h5-12,14H,4,13H2,1-3H3,(H,24,26). The van der Waals surface area contributed by atoms with Gasteiger partial charge < -0.3 is 14.8 Å². The molecule has 0 heterocycles. The van der Waals surface area contributed by atoms with E-state index in [2.05, 4.69) is 10.1 Å². The van der Waals surface area contributed by atoms with Crippen molar-refractivity contribution in [2.45, 2.75) is 31.0 Å². The Hall–Kier alpha value is -2.79. The van der Waals surface area contributed by atoms with Crippen LogP contribution in [0, 0.1) is 0 Å². The number of methoxy groups -OCH3 is 1. The molecule has 2 rings (SSSR count). The number of amides is 1. The fourth-order valence-electron chi connectivity index (χ4n) is 2.69. The predicted octanol–water partition coefficient (Wildman–Crippen LogP) is 3.82. The maximum absolute atomic E-state index is 13.2. The second-order valence-electron chi connectivity index (χ2n) is 6.43. The lowest BCUT2D eigenvalue weighted by Crippen LogP contribution is -2.32. The molecule has 0 bridgehead atoms. The number of ether oxygens (including phenoxy) is 2. The summed E-state index contributed by atoms with van der Waals surface area (Å²) >= 11 is 0. The molecule has 0 fully saturated rings. The number of benzene rings is 2. The fourth-order valence-corrected chi connectivity index (χ4v) is 4.19. The van der Waals surface area contributed by atoms with Crippen LogP contribution in [-0.4, -0.2) is 46.9 Å². The third-order valence-electron chi connectivity index (χ3n) is 4.21. The minimum absolute atomic E-state index is 0.0138. The van der Waals surface area contributed by atoms with E-state index in [1.807, 2.05) is 0 Å². The molecular formula is C20H23F3N2O5S. The first kappa shape index (κ1) is 24.5. The lowest BCUT2D eigenvalue weighted by atomic mass is 10.2. The first-order valence-corrected chi connectivity index (χ1v) is 10.7. The van der Waals surface area contributed by atoms with E-state index in [-0.39, 0.29) is 22.9 Å². The highest BCUT2D eigenvalue weighted by Gasteiger charge is 2.30. The molecule has 0 aliphatic carbocycles. The van der Waals surface area contributed by atoms with Gasteiger partial charge in [-0.2, -0.15) is 13.2 Å². The zero-order valence-electron chi connectivity index (χ0n) is 17.1. The van der Waals surface area contributed by atoms with E-state index in [9.17, 15) is 26.4 Å². The van der Waals surface area contributed by atoms with Gasteiger partial charge in [0.1, 0.15) is 18.5 Å². The number of rotatable bonds is 9. The number of nitrogens with zero attached hydrogens (tertiary/aromatic N) is 1. The number of nitrogens with one attached hydrogen (secondary N) is 1. The lowest BCUT2D eigenvalue weighted by Gasteiger charge is -2.23. The molecular weight excluding hydrogens is 437 g/mol. The summed E-state index contributed by atoms with van der Waals surface area (Å²) in [7, 11) is -2.68. The van der Waals surface area contributed by atoms with Gasteiger partial charge >= 0.3 is 6.18 Å². The number of hydrogen-bond acceptors (Lipinski definition) is 5. The van der Waals surface area contributed by atoms with E-state index < -0.39 is 34.8 Å². The van der Waals surface area contributed by atoms with Gasteiger partial charge in [0.05, 0.1) is 23.4 Å². The third kappa shape index (κ3) is 6.34. The van der Waals surface area contributed by atoms with Gasteiger partial charge in [0, 0.05) is 6.54 Å². The van der Waals surface area contributed by atoms with Gasteiger partial charge in [0.2, 0.25) is 0 Å². The van der Waals surface area contributed by atoms with E-state index in [0.29, 0.717) is 5.69 Å². The number of para-hydroxylation sites is 1. The smallest absolute Gasteiger partial charge is 0.411 e. The average molecular weight is 460 g/mol. The minimum atomic E-state index is -4.58. The first-order valence-electron chi connectivity index (χ1n) is 9.24. The monoisotopic (exact) mass is 460 g/mol. The van der Waals surface area contributed by atoms with Crippen molar-refractivity contribution in [2.24, 2.45) is 0 Å². The van der Waals surface area contributed by atoms with Crippen molar-refractivity contribution < 1.29 is 35.9 Å². The van der Waals surface area contributed by atoms with E-state index >= 15 is 0 Å². The van der Waals surface area contributed by atoms with Gasteiger partial charge in [-0.05, 0) is 44.2 Å². The Balaban J connectivity index is 2.32. The summed E-state index contributed by atoms with van der Waals surface area (Å²) in [6.07, 6.45) is -6.01. The Morgan fingerprint density at radius 2 is 1.81 bits per heavy atom. The van der Waals surface area contributed by atoms with E-state index in [1.165, 1.54) is 29.6 Å². The van der Waals surface area contributed by atoms with Gasteiger partial charge in [-0.15, -0.1) is 0 Å². The highest BCUT2D eigenvalue weighted by molar-refractivity contribution is 7.92. The van der Waals surface area contributed by atoms with Crippen LogP contribution in [0.15, 0.2) is 53.4 Å². The molecule has 0 spiro atoms. The zero-order valence-corrected chi connectivity index (χ0v) is 18.0. The van der Waals surface area contributed by atoms with Crippen molar-refractivity contribution >= 4 is 27.3 Å². The van der Waals surface area contributed by atoms with Crippen LogP contribution >= 0.6 is 0 Å². The van der Waals surface area contributed by atoms with Gasteiger partial charge in [-0.25, -0.2) is 8.42 Å². The molecule has 31 heavy (non-hydrogen) atoms. The molecule has 2 aromatic carbocycles. The van der Waals surface area contributed by atoms with Crippen LogP contribution in [0.2, 0.25) is 0 Å². The molecule has 0 radical (unpaired) electrons. The second kappa shape index (κ2) is 10.0. The van der Waals surface area contributed by atoms with Crippen molar-refractivity contribution in [3.8, 4) is 5.75 Å². The fraction of sp³-hybridized carbons (Fsp3) is 0.350. The molecule has 0 aliphatic heterocycles. The largest absolute Gasteiger partial charge is 0.495 e. The Labute approximate surface area is 178 Å². The Kier molecular flexibility index (Phi) is 7.91. The number of anilines is 2. The van der Waals surface area contributed by atoms with E-state index in [0.717, 1.165) is 6.92 Å². The van der Waals surface area contributed by atoms with Crippen LogP contribution in [0.4, 0.5) is 24.5 Å². The molecule has 170 valence electrons. The normalized spacial score (nSPS) is 12.8. The number of halogens is 3.